The fraction of sp³-hybridized carbons (Fsp3) is 0.889. The topological polar surface area (TPSA) is 44.8 Å². The molecule has 1 aliphatic rings. The molecule has 0 aromatic heterocycles. The van der Waals surface area contributed by atoms with Gasteiger partial charge in [0, 0.05) is 20.0 Å². The summed E-state index contributed by atoms with van der Waals surface area (Å²) in [6, 6.07) is 0.226. The normalized spacial score (nSPS) is 30.7. The summed E-state index contributed by atoms with van der Waals surface area (Å²) in [7, 11) is 3.71. The second-order valence-electron chi connectivity index (χ2n) is 3.62. The Morgan fingerprint density at radius 3 is 3.00 bits per heavy atom. The Labute approximate surface area is 95.4 Å². The van der Waals surface area contributed by atoms with Crippen molar-refractivity contribution in [1.82, 2.24) is 0 Å². The van der Waals surface area contributed by atoms with Crippen molar-refractivity contribution in [3.05, 3.63) is 0 Å². The Morgan fingerprint density at radius 2 is 2.40 bits per heavy atom. The summed E-state index contributed by atoms with van der Waals surface area (Å²) in [5.41, 5.74) is 0. The van der Waals surface area contributed by atoms with Gasteiger partial charge in [-0.2, -0.15) is 0 Å². The summed E-state index contributed by atoms with van der Waals surface area (Å²) in [5.74, 6) is 0.389. The van der Waals surface area contributed by atoms with E-state index in [1.807, 2.05) is 7.85 Å². The highest BCUT2D eigenvalue weighted by atomic mass is 32.2. The monoisotopic (exact) mass is 232 g/mol. The van der Waals surface area contributed by atoms with Crippen molar-refractivity contribution in [3.63, 3.8) is 0 Å². The second kappa shape index (κ2) is 6.53. The molecule has 0 N–H and O–H groups in total. The summed E-state index contributed by atoms with van der Waals surface area (Å²) in [5, 5.41) is 0.0685. The van der Waals surface area contributed by atoms with Crippen LogP contribution in [-0.4, -0.2) is 50.8 Å². The van der Waals surface area contributed by atoms with Gasteiger partial charge in [0.05, 0.1) is 18.6 Å². The van der Waals surface area contributed by atoms with Gasteiger partial charge in [0.1, 0.15) is 14.0 Å². The molecule has 0 aromatic rings. The Morgan fingerprint density at radius 1 is 1.67 bits per heavy atom. The molecule has 1 aliphatic heterocycles. The predicted octanol–water partition coefficient (Wildman–Crippen LogP) is 0.00330. The molecule has 86 valence electrons. The lowest BCUT2D eigenvalue weighted by Crippen LogP contribution is -2.28. The first-order chi connectivity index (χ1) is 7.13. The molecule has 0 spiro atoms. The van der Waals surface area contributed by atoms with Crippen LogP contribution in [0.1, 0.15) is 13.3 Å². The number of ether oxygens (including phenoxy) is 3. The summed E-state index contributed by atoms with van der Waals surface area (Å²) in [4.78, 5) is 10.6. The molecule has 0 amide bonds. The van der Waals surface area contributed by atoms with Gasteiger partial charge in [0.2, 0.25) is 0 Å². The molecule has 1 rings (SSSR count). The molecule has 0 radical (unpaired) electrons. The molecule has 3 atom stereocenters. The van der Waals surface area contributed by atoms with Gasteiger partial charge in [0.15, 0.2) is 5.12 Å². The summed E-state index contributed by atoms with van der Waals surface area (Å²) >= 11 is 1.17. The maximum Gasteiger partial charge on any atom is 0.188 e. The van der Waals surface area contributed by atoms with Crippen LogP contribution in [0.15, 0.2) is 0 Å². The molecular formula is C9H17BO4S. The minimum absolute atomic E-state index is 0.00226. The molecule has 4 nitrogen and oxygen atoms in total. The number of hydrogen-bond acceptors (Lipinski definition) is 5. The molecule has 0 saturated carbocycles. The van der Waals surface area contributed by atoms with Crippen molar-refractivity contribution >= 4 is 24.7 Å². The van der Waals surface area contributed by atoms with Crippen LogP contribution < -0.4 is 0 Å². The van der Waals surface area contributed by atoms with E-state index in [4.69, 9.17) is 14.2 Å². The van der Waals surface area contributed by atoms with Gasteiger partial charge in [-0.1, -0.05) is 11.8 Å². The van der Waals surface area contributed by atoms with Crippen LogP contribution in [0.4, 0.5) is 0 Å². The molecule has 1 heterocycles. The standard InChI is InChI=1S/C9H17BO4S/c1-6(11)15-5-13-4-8-7(12-2)3-9(10)14-8/h7-9H,3-5,10H2,1-2H3/t7-,8-,9-/m1/s1. The highest BCUT2D eigenvalue weighted by Crippen LogP contribution is 2.21. The lowest BCUT2D eigenvalue weighted by atomic mass is 9.96. The van der Waals surface area contributed by atoms with E-state index >= 15 is 0 Å². The van der Waals surface area contributed by atoms with E-state index in [0.29, 0.717) is 12.5 Å². The third kappa shape index (κ3) is 4.55. The van der Waals surface area contributed by atoms with Crippen LogP contribution in [0.5, 0.6) is 0 Å². The van der Waals surface area contributed by atoms with Crippen molar-refractivity contribution in [1.29, 1.82) is 0 Å². The molecule has 0 bridgehead atoms. The number of hydrogen-bond donors (Lipinski definition) is 0. The van der Waals surface area contributed by atoms with Crippen molar-refractivity contribution < 1.29 is 19.0 Å². The van der Waals surface area contributed by atoms with Gasteiger partial charge < -0.3 is 14.2 Å². The van der Waals surface area contributed by atoms with Crippen LogP contribution in [0.3, 0.4) is 0 Å². The molecule has 15 heavy (non-hydrogen) atoms. The Balaban J connectivity index is 2.17. The first-order valence-corrected chi connectivity index (χ1v) is 6.01. The first kappa shape index (κ1) is 13.0. The van der Waals surface area contributed by atoms with E-state index in [-0.39, 0.29) is 23.3 Å². The Hall–Kier alpha value is -0.0351. The van der Waals surface area contributed by atoms with Gasteiger partial charge >= 0.3 is 0 Å². The average molecular weight is 232 g/mol. The van der Waals surface area contributed by atoms with Crippen LogP contribution >= 0.6 is 11.8 Å². The van der Waals surface area contributed by atoms with Gasteiger partial charge in [0.25, 0.3) is 0 Å². The quantitative estimate of drug-likeness (QED) is 0.379. The van der Waals surface area contributed by atoms with Crippen molar-refractivity contribution in [2.24, 2.45) is 0 Å². The number of carbonyl (C=O) groups is 1. The smallest absolute Gasteiger partial charge is 0.188 e. The van der Waals surface area contributed by atoms with E-state index in [2.05, 4.69) is 0 Å². The minimum Gasteiger partial charge on any atom is -0.379 e. The van der Waals surface area contributed by atoms with E-state index in [1.54, 1.807) is 7.11 Å². The van der Waals surface area contributed by atoms with Gasteiger partial charge in [-0.25, -0.2) is 0 Å². The van der Waals surface area contributed by atoms with Gasteiger partial charge in [-0.05, 0) is 6.42 Å². The third-order valence-electron chi connectivity index (χ3n) is 2.32. The highest BCUT2D eigenvalue weighted by Gasteiger charge is 2.32. The maximum atomic E-state index is 10.6. The molecule has 0 aliphatic carbocycles. The third-order valence-corrected chi connectivity index (χ3v) is 3.01. The Bertz CT molecular complexity index is 214. The molecule has 1 fully saturated rings. The number of rotatable bonds is 5. The second-order valence-corrected chi connectivity index (χ2v) is 4.72. The van der Waals surface area contributed by atoms with Crippen molar-refractivity contribution in [2.75, 3.05) is 19.7 Å². The van der Waals surface area contributed by atoms with Gasteiger partial charge in [-0.15, -0.1) is 0 Å². The van der Waals surface area contributed by atoms with E-state index in [0.717, 1.165) is 6.42 Å². The molecule has 0 aromatic carbocycles. The van der Waals surface area contributed by atoms with E-state index < -0.39 is 0 Å². The number of carbonyl (C=O) groups excluding carboxylic acids is 1. The molecular weight excluding hydrogens is 215 g/mol. The fourth-order valence-corrected chi connectivity index (χ4v) is 1.95. The zero-order chi connectivity index (χ0) is 11.3. The first-order valence-electron chi connectivity index (χ1n) is 5.03. The minimum atomic E-state index is -0.00226. The molecule has 6 heteroatoms. The lowest BCUT2D eigenvalue weighted by molar-refractivity contribution is -0.109. The average Bonchev–Trinajstić information content (AvgIpc) is 2.53. The SMILES string of the molecule is B[C@H]1C[C@@H](OC)[C@@H](COCSC(C)=O)O1. The number of thioether (sulfide) groups is 1. The van der Waals surface area contributed by atoms with Crippen LogP contribution in [0.25, 0.3) is 0 Å². The van der Waals surface area contributed by atoms with E-state index in [9.17, 15) is 4.79 Å². The van der Waals surface area contributed by atoms with Gasteiger partial charge in [-0.3, -0.25) is 4.79 Å². The highest BCUT2D eigenvalue weighted by molar-refractivity contribution is 8.13. The summed E-state index contributed by atoms with van der Waals surface area (Å²) < 4.78 is 16.3. The zero-order valence-corrected chi connectivity index (χ0v) is 10.2. The largest absolute Gasteiger partial charge is 0.379 e. The molecule has 0 unspecified atom stereocenters. The van der Waals surface area contributed by atoms with Crippen LogP contribution in [0, 0.1) is 0 Å². The predicted molar refractivity (Wildman–Crippen MR) is 61.7 cm³/mol. The maximum absolute atomic E-state index is 10.6. The van der Waals surface area contributed by atoms with Crippen molar-refractivity contribution in [2.45, 2.75) is 31.6 Å². The Kier molecular flexibility index (Phi) is 5.67. The van der Waals surface area contributed by atoms with Crippen LogP contribution in [-0.2, 0) is 19.0 Å². The van der Waals surface area contributed by atoms with Crippen molar-refractivity contribution in [3.8, 4) is 0 Å². The fourth-order valence-electron chi connectivity index (χ4n) is 1.60. The zero-order valence-electron chi connectivity index (χ0n) is 9.39. The molecule has 1 saturated heterocycles. The summed E-state index contributed by atoms with van der Waals surface area (Å²) in [6.45, 7) is 2.02. The van der Waals surface area contributed by atoms with E-state index in [1.165, 1.54) is 18.7 Å². The lowest BCUT2D eigenvalue weighted by Gasteiger charge is -2.16. The van der Waals surface area contributed by atoms with Crippen LogP contribution in [0.2, 0.25) is 0 Å². The number of methoxy groups -OCH3 is 1. The summed E-state index contributed by atoms with van der Waals surface area (Å²) in [6.07, 6.45) is 1.02.